The molecule has 0 saturated carbocycles. The zero-order chi connectivity index (χ0) is 17.7. The van der Waals surface area contributed by atoms with Gasteiger partial charge >= 0.3 is 0 Å². The number of allylic oxidation sites excluding steroid dienone is 1. The van der Waals surface area contributed by atoms with Gasteiger partial charge in [0.2, 0.25) is 0 Å². The average Bonchev–Trinajstić information content (AvgIpc) is 2.58. The fraction of sp³-hybridized carbons (Fsp3) is 0.167. The van der Waals surface area contributed by atoms with Crippen LogP contribution < -0.4 is 14.2 Å². The highest BCUT2D eigenvalue weighted by atomic mass is 35.5. The lowest BCUT2D eigenvalue weighted by atomic mass is 10.1. The van der Waals surface area contributed by atoms with Crippen molar-refractivity contribution in [1.82, 2.24) is 0 Å². The van der Waals surface area contributed by atoms with Gasteiger partial charge in [0.05, 0.1) is 26.4 Å². The molecule has 6 heteroatoms. The van der Waals surface area contributed by atoms with E-state index >= 15 is 0 Å². The van der Waals surface area contributed by atoms with Crippen molar-refractivity contribution in [3.8, 4) is 17.2 Å². The van der Waals surface area contributed by atoms with E-state index in [1.54, 1.807) is 18.2 Å². The third kappa shape index (κ3) is 3.86. The number of halogens is 2. The number of hydrogen-bond donors (Lipinski definition) is 0. The van der Waals surface area contributed by atoms with Crippen LogP contribution in [0.4, 0.5) is 4.39 Å². The van der Waals surface area contributed by atoms with Gasteiger partial charge in [-0.05, 0) is 42.0 Å². The second-order valence-corrected chi connectivity index (χ2v) is 5.19. The first-order valence-electron chi connectivity index (χ1n) is 6.97. The average molecular weight is 351 g/mol. The molecule has 2 aromatic rings. The number of carbonyl (C=O) groups excluding carboxylic acids is 1. The van der Waals surface area contributed by atoms with E-state index in [2.05, 4.69) is 0 Å². The molecule has 0 atom stereocenters. The molecule has 0 aliphatic carbocycles. The van der Waals surface area contributed by atoms with Crippen molar-refractivity contribution in [1.29, 1.82) is 0 Å². The zero-order valence-corrected chi connectivity index (χ0v) is 14.2. The van der Waals surface area contributed by atoms with E-state index in [0.29, 0.717) is 22.1 Å². The van der Waals surface area contributed by atoms with Crippen LogP contribution in [-0.2, 0) is 0 Å². The van der Waals surface area contributed by atoms with E-state index in [1.807, 2.05) is 0 Å². The lowest BCUT2D eigenvalue weighted by Crippen LogP contribution is -1.97. The van der Waals surface area contributed by atoms with Gasteiger partial charge in [-0.25, -0.2) is 4.39 Å². The van der Waals surface area contributed by atoms with Gasteiger partial charge in [-0.15, -0.1) is 0 Å². The number of rotatable bonds is 6. The number of carbonyl (C=O) groups is 1. The SMILES string of the molecule is COc1ccc(C(=O)/C=C/c2cc(Cl)c(OC)c(OC)c2)cc1F. The van der Waals surface area contributed by atoms with Gasteiger partial charge in [0.25, 0.3) is 0 Å². The highest BCUT2D eigenvalue weighted by molar-refractivity contribution is 6.32. The van der Waals surface area contributed by atoms with Crippen molar-refractivity contribution in [2.75, 3.05) is 21.3 Å². The first-order valence-corrected chi connectivity index (χ1v) is 7.35. The van der Waals surface area contributed by atoms with E-state index in [4.69, 9.17) is 25.8 Å². The first kappa shape index (κ1) is 17.8. The summed E-state index contributed by atoms with van der Waals surface area (Å²) in [7, 11) is 4.34. The maximum Gasteiger partial charge on any atom is 0.185 e. The van der Waals surface area contributed by atoms with Crippen molar-refractivity contribution in [2.45, 2.75) is 0 Å². The summed E-state index contributed by atoms with van der Waals surface area (Å²) in [6.07, 6.45) is 2.90. The van der Waals surface area contributed by atoms with Crippen LogP contribution in [0.25, 0.3) is 6.08 Å². The predicted molar refractivity (Wildman–Crippen MR) is 90.9 cm³/mol. The molecule has 0 N–H and O–H groups in total. The highest BCUT2D eigenvalue weighted by Gasteiger charge is 2.11. The second-order valence-electron chi connectivity index (χ2n) is 4.79. The third-order valence-corrected chi connectivity index (χ3v) is 3.60. The van der Waals surface area contributed by atoms with E-state index in [-0.39, 0.29) is 17.1 Å². The summed E-state index contributed by atoms with van der Waals surface area (Å²) in [5.41, 5.74) is 0.871. The van der Waals surface area contributed by atoms with Gasteiger partial charge in [0.1, 0.15) is 0 Å². The molecular weight excluding hydrogens is 335 g/mol. The summed E-state index contributed by atoms with van der Waals surface area (Å²) in [6.45, 7) is 0. The Bertz CT molecular complexity index is 787. The van der Waals surface area contributed by atoms with Gasteiger partial charge in [0, 0.05) is 5.56 Å². The monoisotopic (exact) mass is 350 g/mol. The van der Waals surface area contributed by atoms with Crippen LogP contribution in [0.3, 0.4) is 0 Å². The van der Waals surface area contributed by atoms with Gasteiger partial charge < -0.3 is 14.2 Å². The molecule has 0 fully saturated rings. The molecule has 0 unspecified atom stereocenters. The van der Waals surface area contributed by atoms with Crippen LogP contribution in [0.5, 0.6) is 17.2 Å². The molecule has 4 nitrogen and oxygen atoms in total. The summed E-state index contributed by atoms with van der Waals surface area (Å²) >= 11 is 6.11. The van der Waals surface area contributed by atoms with Crippen molar-refractivity contribution in [3.63, 3.8) is 0 Å². The highest BCUT2D eigenvalue weighted by Crippen LogP contribution is 2.36. The number of benzene rings is 2. The van der Waals surface area contributed by atoms with Gasteiger partial charge in [-0.3, -0.25) is 4.79 Å². The Morgan fingerprint density at radius 2 is 1.75 bits per heavy atom. The second kappa shape index (κ2) is 7.84. The standard InChI is InChI=1S/C18H16ClFO4/c1-22-16-7-5-12(10-14(16)20)15(21)6-4-11-8-13(19)18(24-3)17(9-11)23-2/h4-10H,1-3H3/b6-4+. The molecular formula is C18H16ClFO4. The van der Waals surface area contributed by atoms with E-state index < -0.39 is 5.82 Å². The van der Waals surface area contributed by atoms with E-state index in [1.165, 1.54) is 39.5 Å². The molecule has 0 bridgehead atoms. The molecule has 0 saturated heterocycles. The lowest BCUT2D eigenvalue weighted by Gasteiger charge is -2.10. The fourth-order valence-electron chi connectivity index (χ4n) is 2.12. The summed E-state index contributed by atoms with van der Waals surface area (Å²) < 4.78 is 28.8. The molecule has 2 aromatic carbocycles. The zero-order valence-electron chi connectivity index (χ0n) is 13.4. The Hall–Kier alpha value is -2.53. The molecule has 0 radical (unpaired) electrons. The smallest absolute Gasteiger partial charge is 0.185 e. The van der Waals surface area contributed by atoms with Crippen molar-refractivity contribution in [3.05, 3.63) is 58.4 Å². The Morgan fingerprint density at radius 1 is 1.04 bits per heavy atom. The maximum atomic E-state index is 13.7. The molecule has 0 heterocycles. The number of ketones is 1. The Balaban J connectivity index is 2.26. The first-order chi connectivity index (χ1) is 11.5. The van der Waals surface area contributed by atoms with Crippen LogP contribution in [0.2, 0.25) is 5.02 Å². The lowest BCUT2D eigenvalue weighted by molar-refractivity contribution is 0.104. The van der Waals surface area contributed by atoms with Crippen LogP contribution in [0, 0.1) is 5.82 Å². The summed E-state index contributed by atoms with van der Waals surface area (Å²) in [4.78, 5) is 12.1. The van der Waals surface area contributed by atoms with Crippen molar-refractivity contribution >= 4 is 23.5 Å². The van der Waals surface area contributed by atoms with Gasteiger partial charge in [0.15, 0.2) is 28.8 Å². The maximum absolute atomic E-state index is 13.7. The third-order valence-electron chi connectivity index (χ3n) is 3.32. The minimum atomic E-state index is -0.592. The Morgan fingerprint density at radius 3 is 2.33 bits per heavy atom. The van der Waals surface area contributed by atoms with Crippen LogP contribution >= 0.6 is 11.6 Å². The van der Waals surface area contributed by atoms with E-state index in [0.717, 1.165) is 6.07 Å². The fourth-order valence-corrected chi connectivity index (χ4v) is 2.42. The predicted octanol–water partition coefficient (Wildman–Crippen LogP) is 4.40. The van der Waals surface area contributed by atoms with Gasteiger partial charge in [-0.2, -0.15) is 0 Å². The molecule has 126 valence electrons. The molecule has 0 aliphatic heterocycles. The minimum absolute atomic E-state index is 0.0854. The summed E-state index contributed by atoms with van der Waals surface area (Å²) in [5.74, 6) is 0.0167. The van der Waals surface area contributed by atoms with E-state index in [9.17, 15) is 9.18 Å². The van der Waals surface area contributed by atoms with Crippen molar-refractivity contribution in [2.24, 2.45) is 0 Å². The van der Waals surface area contributed by atoms with Crippen LogP contribution in [0.1, 0.15) is 15.9 Å². The van der Waals surface area contributed by atoms with Crippen LogP contribution in [0.15, 0.2) is 36.4 Å². The number of ether oxygens (including phenoxy) is 3. The minimum Gasteiger partial charge on any atom is -0.494 e. The Kier molecular flexibility index (Phi) is 5.82. The topological polar surface area (TPSA) is 44.8 Å². The summed E-state index contributed by atoms with van der Waals surface area (Å²) in [6, 6.07) is 7.36. The molecule has 0 spiro atoms. The summed E-state index contributed by atoms with van der Waals surface area (Å²) in [5, 5.41) is 0.361. The molecule has 24 heavy (non-hydrogen) atoms. The van der Waals surface area contributed by atoms with Crippen LogP contribution in [-0.4, -0.2) is 27.1 Å². The molecule has 0 aliphatic rings. The van der Waals surface area contributed by atoms with Crippen molar-refractivity contribution < 1.29 is 23.4 Å². The Labute approximate surface area is 144 Å². The number of hydrogen-bond acceptors (Lipinski definition) is 4. The van der Waals surface area contributed by atoms with Gasteiger partial charge in [-0.1, -0.05) is 17.7 Å². The largest absolute Gasteiger partial charge is 0.494 e. The normalized spacial score (nSPS) is 10.7. The molecule has 0 aromatic heterocycles. The number of methoxy groups -OCH3 is 3. The molecule has 2 rings (SSSR count). The quantitative estimate of drug-likeness (QED) is 0.572. The molecule has 0 amide bonds.